The smallest absolute Gasteiger partial charge is 0.269 e. The van der Waals surface area contributed by atoms with Crippen molar-refractivity contribution in [2.75, 3.05) is 0 Å². The lowest BCUT2D eigenvalue weighted by Gasteiger charge is -2.19. The monoisotopic (exact) mass is 449 g/mol. The van der Waals surface area contributed by atoms with Gasteiger partial charge in [-0.05, 0) is 61.1 Å². The molecule has 0 aliphatic heterocycles. The molecule has 1 aromatic heterocycles. The number of ether oxygens (including phenoxy) is 1. The highest BCUT2D eigenvalue weighted by molar-refractivity contribution is 5.95. The number of nitrogens with one attached hydrogen (secondary N) is 2. The Balaban J connectivity index is 1.44. The second-order valence-electron chi connectivity index (χ2n) is 9.07. The summed E-state index contributed by atoms with van der Waals surface area (Å²) in [5.41, 5.74) is 9.31. The molecule has 7 nitrogen and oxygen atoms in total. The van der Waals surface area contributed by atoms with Gasteiger partial charge in [-0.2, -0.15) is 0 Å². The molecule has 2 N–H and O–H groups in total. The molecule has 0 unspecified atom stereocenters. The van der Waals surface area contributed by atoms with Crippen LogP contribution in [0.2, 0.25) is 0 Å². The SMILES string of the molecule is Cc1noc(C)c1CCC(=O)NNC(=O)c1ccc(COc2ccc(C(C)(C)C)cc2)cc1. The summed E-state index contributed by atoms with van der Waals surface area (Å²) in [6.07, 6.45) is 0.715. The molecule has 0 bridgehead atoms. The number of hydrazine groups is 1. The van der Waals surface area contributed by atoms with Gasteiger partial charge in [0.1, 0.15) is 18.1 Å². The average Bonchev–Trinajstić information content (AvgIpc) is 3.11. The molecule has 174 valence electrons. The van der Waals surface area contributed by atoms with Crippen molar-refractivity contribution in [2.24, 2.45) is 0 Å². The molecule has 1 heterocycles. The van der Waals surface area contributed by atoms with E-state index in [0.29, 0.717) is 24.4 Å². The van der Waals surface area contributed by atoms with E-state index in [4.69, 9.17) is 9.26 Å². The summed E-state index contributed by atoms with van der Waals surface area (Å²) in [7, 11) is 0. The van der Waals surface area contributed by atoms with Crippen molar-refractivity contribution in [1.29, 1.82) is 0 Å². The fourth-order valence-corrected chi connectivity index (χ4v) is 3.33. The number of nitrogens with zero attached hydrogens (tertiary/aromatic N) is 1. The first-order chi connectivity index (χ1) is 15.6. The summed E-state index contributed by atoms with van der Waals surface area (Å²) in [6.45, 7) is 10.6. The van der Waals surface area contributed by atoms with E-state index in [0.717, 1.165) is 22.6 Å². The zero-order valence-electron chi connectivity index (χ0n) is 19.8. The van der Waals surface area contributed by atoms with Gasteiger partial charge in [0.2, 0.25) is 5.91 Å². The summed E-state index contributed by atoms with van der Waals surface area (Å²) in [5.74, 6) is 0.830. The Kier molecular flexibility index (Phi) is 7.53. The highest BCUT2D eigenvalue weighted by atomic mass is 16.5. The molecule has 33 heavy (non-hydrogen) atoms. The van der Waals surface area contributed by atoms with Gasteiger partial charge >= 0.3 is 0 Å². The second-order valence-corrected chi connectivity index (χ2v) is 9.07. The molecule has 0 atom stereocenters. The third kappa shape index (κ3) is 6.68. The van der Waals surface area contributed by atoms with Crippen molar-refractivity contribution in [2.45, 2.75) is 59.5 Å². The number of hydrogen-bond acceptors (Lipinski definition) is 5. The lowest BCUT2D eigenvalue weighted by atomic mass is 9.87. The van der Waals surface area contributed by atoms with Gasteiger partial charge in [0, 0.05) is 17.5 Å². The van der Waals surface area contributed by atoms with Crippen LogP contribution in [0.4, 0.5) is 0 Å². The minimum absolute atomic E-state index is 0.101. The fraction of sp³-hybridized carbons (Fsp3) is 0.346. The third-order valence-electron chi connectivity index (χ3n) is 5.44. The zero-order valence-corrected chi connectivity index (χ0v) is 19.8. The normalized spacial score (nSPS) is 11.2. The summed E-state index contributed by atoms with van der Waals surface area (Å²) in [5, 5.41) is 3.87. The van der Waals surface area contributed by atoms with E-state index in [1.807, 2.05) is 38.1 Å². The predicted octanol–water partition coefficient (Wildman–Crippen LogP) is 4.56. The lowest BCUT2D eigenvalue weighted by Crippen LogP contribution is -2.41. The van der Waals surface area contributed by atoms with E-state index in [1.165, 1.54) is 5.56 Å². The Bertz CT molecular complexity index is 1070. The van der Waals surface area contributed by atoms with Gasteiger partial charge in [0.05, 0.1) is 5.69 Å². The molecule has 0 aliphatic carbocycles. The average molecular weight is 450 g/mol. The standard InChI is InChI=1S/C26H31N3O4/c1-17-23(18(2)33-29-17)14-15-24(30)27-28-25(31)20-8-6-19(7-9-20)16-32-22-12-10-21(11-13-22)26(3,4)5/h6-13H,14-16H2,1-5H3,(H,27,30)(H,28,31). The van der Waals surface area contributed by atoms with Crippen LogP contribution in [-0.4, -0.2) is 17.0 Å². The first-order valence-corrected chi connectivity index (χ1v) is 11.0. The Morgan fingerprint density at radius 3 is 2.21 bits per heavy atom. The molecule has 0 saturated heterocycles. The number of carbonyl (C=O) groups is 2. The topological polar surface area (TPSA) is 93.5 Å². The minimum atomic E-state index is -0.383. The lowest BCUT2D eigenvalue weighted by molar-refractivity contribution is -0.121. The van der Waals surface area contributed by atoms with Gasteiger partial charge in [-0.25, -0.2) is 0 Å². The molecule has 0 spiro atoms. The number of hydrogen-bond donors (Lipinski definition) is 2. The quantitative estimate of drug-likeness (QED) is 0.516. The van der Waals surface area contributed by atoms with Crippen molar-refractivity contribution in [1.82, 2.24) is 16.0 Å². The molecule has 0 saturated carbocycles. The van der Waals surface area contributed by atoms with Gasteiger partial charge < -0.3 is 9.26 Å². The number of rotatable bonds is 7. The zero-order chi connectivity index (χ0) is 24.0. The third-order valence-corrected chi connectivity index (χ3v) is 5.44. The first-order valence-electron chi connectivity index (χ1n) is 11.0. The van der Waals surface area contributed by atoms with Gasteiger partial charge in [-0.15, -0.1) is 0 Å². The van der Waals surface area contributed by atoms with Crippen molar-refractivity contribution in [3.63, 3.8) is 0 Å². The van der Waals surface area contributed by atoms with Gasteiger partial charge in [0.15, 0.2) is 0 Å². The minimum Gasteiger partial charge on any atom is -0.489 e. The number of amides is 2. The van der Waals surface area contributed by atoms with Gasteiger partial charge in [0.25, 0.3) is 5.91 Å². The van der Waals surface area contributed by atoms with E-state index in [2.05, 4.69) is 48.9 Å². The number of carbonyl (C=O) groups excluding carboxylic acids is 2. The largest absolute Gasteiger partial charge is 0.489 e. The van der Waals surface area contributed by atoms with Crippen LogP contribution in [0.3, 0.4) is 0 Å². The van der Waals surface area contributed by atoms with Crippen LogP contribution in [0.15, 0.2) is 53.1 Å². The van der Waals surface area contributed by atoms with Crippen LogP contribution < -0.4 is 15.6 Å². The Hall–Kier alpha value is -3.61. The van der Waals surface area contributed by atoms with Crippen LogP contribution in [-0.2, 0) is 23.2 Å². The molecular formula is C26H31N3O4. The number of aryl methyl sites for hydroxylation is 2. The van der Waals surface area contributed by atoms with Crippen LogP contribution in [0.25, 0.3) is 0 Å². The molecule has 0 radical (unpaired) electrons. The summed E-state index contributed by atoms with van der Waals surface area (Å²) < 4.78 is 10.9. The van der Waals surface area contributed by atoms with Gasteiger partial charge in [-0.3, -0.25) is 20.4 Å². The number of benzene rings is 2. The first kappa shape index (κ1) is 24.0. The molecule has 0 aliphatic rings. The molecule has 0 fully saturated rings. The van der Waals surface area contributed by atoms with E-state index in [-0.39, 0.29) is 23.7 Å². The Morgan fingerprint density at radius 1 is 0.970 bits per heavy atom. The van der Waals surface area contributed by atoms with E-state index >= 15 is 0 Å². The molecule has 3 rings (SSSR count). The maximum atomic E-state index is 12.3. The van der Waals surface area contributed by atoms with Crippen molar-refractivity contribution in [3.8, 4) is 5.75 Å². The van der Waals surface area contributed by atoms with E-state index < -0.39 is 0 Å². The summed E-state index contributed by atoms with van der Waals surface area (Å²) in [4.78, 5) is 24.4. The molecule has 2 aromatic carbocycles. The predicted molar refractivity (Wildman–Crippen MR) is 126 cm³/mol. The molecule has 7 heteroatoms. The summed E-state index contributed by atoms with van der Waals surface area (Å²) >= 11 is 0. The number of aromatic nitrogens is 1. The highest BCUT2D eigenvalue weighted by Crippen LogP contribution is 2.24. The Labute approximate surface area is 194 Å². The van der Waals surface area contributed by atoms with Crippen molar-refractivity contribution in [3.05, 3.63) is 82.2 Å². The maximum Gasteiger partial charge on any atom is 0.269 e. The Morgan fingerprint density at radius 2 is 1.64 bits per heavy atom. The molecule has 2 amide bonds. The maximum absolute atomic E-state index is 12.3. The molecular weight excluding hydrogens is 418 g/mol. The second kappa shape index (κ2) is 10.3. The highest BCUT2D eigenvalue weighted by Gasteiger charge is 2.14. The van der Waals surface area contributed by atoms with Crippen LogP contribution in [0, 0.1) is 13.8 Å². The van der Waals surface area contributed by atoms with E-state index in [9.17, 15) is 9.59 Å². The van der Waals surface area contributed by atoms with Crippen molar-refractivity contribution < 1.29 is 18.8 Å². The van der Waals surface area contributed by atoms with Crippen LogP contribution in [0.5, 0.6) is 5.75 Å². The van der Waals surface area contributed by atoms with Crippen molar-refractivity contribution >= 4 is 11.8 Å². The van der Waals surface area contributed by atoms with Crippen LogP contribution in [0.1, 0.15) is 65.7 Å². The van der Waals surface area contributed by atoms with Crippen LogP contribution >= 0.6 is 0 Å². The van der Waals surface area contributed by atoms with Gasteiger partial charge in [-0.1, -0.05) is 50.2 Å². The molecule has 3 aromatic rings. The van der Waals surface area contributed by atoms with E-state index in [1.54, 1.807) is 12.1 Å². The summed E-state index contributed by atoms with van der Waals surface area (Å²) in [6, 6.07) is 15.2. The fourth-order valence-electron chi connectivity index (χ4n) is 3.33.